The van der Waals surface area contributed by atoms with Crippen LogP contribution in [0.4, 0.5) is 5.82 Å². The molecule has 0 unspecified atom stereocenters. The van der Waals surface area contributed by atoms with Crippen molar-refractivity contribution in [3.8, 4) is 16.8 Å². The van der Waals surface area contributed by atoms with Crippen molar-refractivity contribution in [2.24, 2.45) is 0 Å². The molecule has 1 N–H and O–H groups in total. The van der Waals surface area contributed by atoms with E-state index < -0.39 is 7.60 Å². The molecule has 1 amide bonds. The number of hydrogen-bond acceptors (Lipinski definition) is 5. The van der Waals surface area contributed by atoms with Crippen LogP contribution in [-0.4, -0.2) is 28.9 Å². The number of halogens is 1. The number of nitrogens with one attached hydrogen (secondary N) is 1. The fourth-order valence-corrected chi connectivity index (χ4v) is 5.59. The average Bonchev–Trinajstić information content (AvgIpc) is 3.29. The van der Waals surface area contributed by atoms with Gasteiger partial charge in [0.2, 0.25) is 0 Å². The molecule has 0 atom stereocenters. The summed E-state index contributed by atoms with van der Waals surface area (Å²) < 4.78 is 25.3. The average molecular weight is 524 g/mol. The quantitative estimate of drug-likeness (QED) is 0.222. The summed E-state index contributed by atoms with van der Waals surface area (Å²) >= 11 is 6.06. The molecule has 186 valence electrons. The molecule has 1 aromatic heterocycles. The van der Waals surface area contributed by atoms with Gasteiger partial charge in [0.1, 0.15) is 5.82 Å². The first-order chi connectivity index (χ1) is 17.4. The van der Waals surface area contributed by atoms with Crippen LogP contribution in [0.2, 0.25) is 5.02 Å². The van der Waals surface area contributed by atoms with E-state index in [2.05, 4.69) is 10.4 Å². The number of benzene rings is 3. The van der Waals surface area contributed by atoms with Crippen molar-refractivity contribution in [3.05, 3.63) is 101 Å². The van der Waals surface area contributed by atoms with Gasteiger partial charge in [0.25, 0.3) is 5.91 Å². The third kappa shape index (κ3) is 6.12. The highest BCUT2D eigenvalue weighted by molar-refractivity contribution is 7.53. The second kappa shape index (κ2) is 11.7. The molecular weight excluding hydrogens is 497 g/mol. The van der Waals surface area contributed by atoms with Crippen LogP contribution in [0.5, 0.6) is 0 Å². The third-order valence-electron chi connectivity index (χ3n) is 5.40. The van der Waals surface area contributed by atoms with Crippen LogP contribution in [0.1, 0.15) is 29.8 Å². The third-order valence-corrected chi connectivity index (χ3v) is 7.71. The van der Waals surface area contributed by atoms with E-state index in [1.807, 2.05) is 42.5 Å². The Bertz CT molecular complexity index is 1350. The molecule has 0 aliphatic heterocycles. The molecular formula is C27H27ClN3O4P. The Balaban J connectivity index is 1.61. The molecule has 0 aliphatic carbocycles. The molecule has 7 nitrogen and oxygen atoms in total. The molecule has 0 bridgehead atoms. The van der Waals surface area contributed by atoms with E-state index in [0.29, 0.717) is 29.6 Å². The summed E-state index contributed by atoms with van der Waals surface area (Å²) in [6.45, 7) is 4.14. The Labute approximate surface area is 215 Å². The second-order valence-corrected chi connectivity index (χ2v) is 10.4. The lowest BCUT2D eigenvalue weighted by atomic mass is 10.1. The number of anilines is 1. The fraction of sp³-hybridized carbons (Fsp3) is 0.185. The lowest BCUT2D eigenvalue weighted by Gasteiger charge is -2.17. The van der Waals surface area contributed by atoms with Crippen molar-refractivity contribution in [1.29, 1.82) is 0 Å². The Morgan fingerprint density at radius 1 is 0.944 bits per heavy atom. The summed E-state index contributed by atoms with van der Waals surface area (Å²) in [5, 5.41) is 8.16. The van der Waals surface area contributed by atoms with Gasteiger partial charge in [-0.3, -0.25) is 9.36 Å². The van der Waals surface area contributed by atoms with Gasteiger partial charge in [0.15, 0.2) is 0 Å². The Morgan fingerprint density at radius 2 is 1.58 bits per heavy atom. The minimum atomic E-state index is -3.23. The number of nitrogens with zero attached hydrogens (tertiary/aromatic N) is 2. The summed E-state index contributed by atoms with van der Waals surface area (Å²) in [5.41, 5.74) is 3.67. The van der Waals surface area contributed by atoms with Gasteiger partial charge in [-0.2, -0.15) is 5.10 Å². The number of aromatic nitrogens is 2. The molecule has 9 heteroatoms. The maximum Gasteiger partial charge on any atom is 0.335 e. The van der Waals surface area contributed by atoms with Crippen molar-refractivity contribution in [2.45, 2.75) is 20.0 Å². The summed E-state index contributed by atoms with van der Waals surface area (Å²) in [7, 11) is -3.23. The summed E-state index contributed by atoms with van der Waals surface area (Å²) in [5.74, 6) is 0.238. The minimum Gasteiger partial charge on any atom is -0.309 e. The Morgan fingerprint density at radius 3 is 2.19 bits per heavy atom. The van der Waals surface area contributed by atoms with Gasteiger partial charge in [0.05, 0.1) is 31.3 Å². The van der Waals surface area contributed by atoms with Crippen LogP contribution < -0.4 is 5.32 Å². The van der Waals surface area contributed by atoms with E-state index >= 15 is 0 Å². The van der Waals surface area contributed by atoms with E-state index in [1.54, 1.807) is 61.1 Å². The smallest absolute Gasteiger partial charge is 0.309 e. The van der Waals surface area contributed by atoms with E-state index in [-0.39, 0.29) is 12.1 Å². The Kier molecular flexibility index (Phi) is 8.39. The van der Waals surface area contributed by atoms with Crippen LogP contribution in [0.15, 0.2) is 85.1 Å². The zero-order valence-electron chi connectivity index (χ0n) is 20.1. The second-order valence-electron chi connectivity index (χ2n) is 7.92. The Hall–Kier alpha value is -3.22. The largest absolute Gasteiger partial charge is 0.335 e. The number of amides is 1. The van der Waals surface area contributed by atoms with Crippen LogP contribution in [0.3, 0.4) is 0 Å². The predicted molar refractivity (Wildman–Crippen MR) is 143 cm³/mol. The van der Waals surface area contributed by atoms with Crippen LogP contribution in [0, 0.1) is 0 Å². The maximum atomic E-state index is 13.3. The van der Waals surface area contributed by atoms with Gasteiger partial charge >= 0.3 is 7.60 Å². The van der Waals surface area contributed by atoms with Crippen molar-refractivity contribution in [2.75, 3.05) is 18.5 Å². The van der Waals surface area contributed by atoms with Crippen LogP contribution in [-0.2, 0) is 19.8 Å². The molecule has 0 spiro atoms. The zero-order valence-corrected chi connectivity index (χ0v) is 21.7. The monoisotopic (exact) mass is 523 g/mol. The molecule has 0 radical (unpaired) electrons. The van der Waals surface area contributed by atoms with Gasteiger partial charge in [-0.25, -0.2) is 4.68 Å². The number of carbonyl (C=O) groups is 1. The van der Waals surface area contributed by atoms with E-state index in [0.717, 1.165) is 22.4 Å². The molecule has 4 rings (SSSR count). The minimum absolute atomic E-state index is 0.137. The van der Waals surface area contributed by atoms with Gasteiger partial charge in [0, 0.05) is 16.1 Å². The zero-order chi connectivity index (χ0) is 25.5. The summed E-state index contributed by atoms with van der Waals surface area (Å²) in [4.78, 5) is 13.3. The SMILES string of the molecule is CCOP(=O)(Cc1ccc(C(=O)Nc2c(-c3ccccc3)cnn2-c2ccc(Cl)cc2)cc1)OCC. The topological polar surface area (TPSA) is 82.5 Å². The molecule has 3 aromatic carbocycles. The summed E-state index contributed by atoms with van der Waals surface area (Å²) in [6, 6.07) is 23.8. The van der Waals surface area contributed by atoms with Crippen molar-refractivity contribution in [3.63, 3.8) is 0 Å². The fourth-order valence-electron chi connectivity index (χ4n) is 3.76. The first-order valence-corrected chi connectivity index (χ1v) is 13.7. The van der Waals surface area contributed by atoms with Crippen LogP contribution >= 0.6 is 19.2 Å². The normalized spacial score (nSPS) is 11.4. The van der Waals surface area contributed by atoms with E-state index in [9.17, 15) is 9.36 Å². The van der Waals surface area contributed by atoms with Gasteiger partial charge < -0.3 is 14.4 Å². The summed E-state index contributed by atoms with van der Waals surface area (Å²) in [6.07, 6.45) is 1.86. The van der Waals surface area contributed by atoms with Crippen molar-refractivity contribution < 1.29 is 18.4 Å². The van der Waals surface area contributed by atoms with Gasteiger partial charge in [-0.1, -0.05) is 54.1 Å². The van der Waals surface area contributed by atoms with Gasteiger partial charge in [-0.05, 0) is 61.4 Å². The van der Waals surface area contributed by atoms with Crippen molar-refractivity contribution in [1.82, 2.24) is 9.78 Å². The highest BCUT2D eigenvalue weighted by Gasteiger charge is 2.24. The molecule has 36 heavy (non-hydrogen) atoms. The number of hydrogen-bond donors (Lipinski definition) is 1. The molecule has 1 heterocycles. The van der Waals surface area contributed by atoms with Crippen molar-refractivity contribution >= 4 is 30.9 Å². The van der Waals surface area contributed by atoms with E-state index in [4.69, 9.17) is 20.6 Å². The predicted octanol–water partition coefficient (Wildman–Crippen LogP) is 7.21. The van der Waals surface area contributed by atoms with Gasteiger partial charge in [-0.15, -0.1) is 0 Å². The first-order valence-electron chi connectivity index (χ1n) is 11.6. The molecule has 4 aromatic rings. The lowest BCUT2D eigenvalue weighted by Crippen LogP contribution is -2.16. The van der Waals surface area contributed by atoms with Crippen LogP contribution in [0.25, 0.3) is 16.8 Å². The van der Waals surface area contributed by atoms with E-state index in [1.165, 1.54) is 0 Å². The standard InChI is InChI=1S/C27H27ClN3O4P/c1-3-34-36(33,35-4-2)19-20-10-12-22(13-11-20)27(32)30-26-25(21-8-6-5-7-9-21)18-29-31(26)24-16-14-23(28)15-17-24/h5-18H,3-4,19H2,1-2H3,(H,30,32). The first kappa shape index (κ1) is 25.9. The molecule has 0 fully saturated rings. The number of rotatable bonds is 10. The number of carbonyl (C=O) groups excluding carboxylic acids is 1. The maximum absolute atomic E-state index is 13.3. The lowest BCUT2D eigenvalue weighted by molar-refractivity contribution is 0.102. The molecule has 0 saturated heterocycles. The molecule has 0 saturated carbocycles. The molecule has 0 aliphatic rings. The highest BCUT2D eigenvalue weighted by atomic mass is 35.5. The highest BCUT2D eigenvalue weighted by Crippen LogP contribution is 2.51.